The second kappa shape index (κ2) is 8.65. The number of rotatable bonds is 6. The summed E-state index contributed by atoms with van der Waals surface area (Å²) in [5.41, 5.74) is -0.347. The average molecular weight is 499 g/mol. The molecular weight excluding hydrogens is 475 g/mol. The first-order valence-corrected chi connectivity index (χ1v) is 11.3. The van der Waals surface area contributed by atoms with E-state index in [-0.39, 0.29) is 32.0 Å². The topological polar surface area (TPSA) is 93.6 Å². The second-order valence-electron chi connectivity index (χ2n) is 9.41. The lowest BCUT2D eigenvalue weighted by Crippen LogP contribution is -2.47. The number of halogens is 3. The smallest absolute Gasteiger partial charge is 0.286 e. The molecule has 1 aromatic carbocycles. The fourth-order valence-electron chi connectivity index (χ4n) is 4.13. The third kappa shape index (κ3) is 4.47. The van der Waals surface area contributed by atoms with Crippen LogP contribution in [-0.2, 0) is 26.7 Å². The van der Waals surface area contributed by atoms with Gasteiger partial charge in [-0.2, -0.15) is 8.78 Å². The number of pyridine rings is 2. The highest BCUT2D eigenvalue weighted by molar-refractivity contribution is 6.04. The zero-order valence-electron chi connectivity index (χ0n) is 19.6. The monoisotopic (exact) mass is 499 g/mol. The first-order chi connectivity index (χ1) is 17.0. The Labute approximate surface area is 205 Å². The minimum atomic E-state index is -3.19. The number of nitrogens with one attached hydrogen (secondary N) is 1. The minimum Gasteiger partial charge on any atom is -0.380 e. The highest BCUT2D eigenvalue weighted by Crippen LogP contribution is 2.41. The fourth-order valence-corrected chi connectivity index (χ4v) is 4.13. The van der Waals surface area contributed by atoms with Gasteiger partial charge in [-0.05, 0) is 60.0 Å². The molecule has 0 radical (unpaired) electrons. The Kier molecular flexibility index (Phi) is 5.85. The molecule has 2 N–H and O–H groups in total. The number of alkyl halides is 3. The number of aryl methyl sites for hydroxylation is 1. The Balaban J connectivity index is 1.49. The quantitative estimate of drug-likeness (QED) is 0.527. The molecule has 2 saturated heterocycles. The summed E-state index contributed by atoms with van der Waals surface area (Å²) in [7, 11) is 0. The van der Waals surface area contributed by atoms with Gasteiger partial charge in [0, 0.05) is 29.9 Å². The van der Waals surface area contributed by atoms with E-state index in [0.717, 1.165) is 12.3 Å². The van der Waals surface area contributed by atoms with E-state index >= 15 is 4.39 Å². The summed E-state index contributed by atoms with van der Waals surface area (Å²) in [4.78, 5) is 20.8. The molecule has 4 heterocycles. The van der Waals surface area contributed by atoms with Gasteiger partial charge in [-0.15, -0.1) is 0 Å². The predicted octanol–water partition coefficient (Wildman–Crippen LogP) is 4.23. The van der Waals surface area contributed by atoms with Crippen LogP contribution < -0.4 is 5.32 Å². The van der Waals surface area contributed by atoms with E-state index in [1.807, 2.05) is 0 Å². The number of hydrogen-bond acceptors (Lipinski definition) is 6. The molecule has 0 aliphatic carbocycles. The van der Waals surface area contributed by atoms with Crippen molar-refractivity contribution < 1.29 is 32.5 Å². The average Bonchev–Trinajstić information content (AvgIpc) is 2.81. The number of carbonyl (C=O) groups is 1. The van der Waals surface area contributed by atoms with Crippen molar-refractivity contribution in [2.45, 2.75) is 31.0 Å². The summed E-state index contributed by atoms with van der Waals surface area (Å²) in [5, 5.41) is 13.5. The fraction of sp³-hybridized carbons (Fsp3) is 0.346. The molecule has 5 rings (SSSR count). The van der Waals surface area contributed by atoms with Crippen LogP contribution in [0, 0.1) is 6.92 Å². The van der Waals surface area contributed by atoms with Crippen molar-refractivity contribution in [1.82, 2.24) is 9.97 Å². The SMILES string of the molecule is Cc1ncc(NC(=O)c2ccnc(C(C)(F)F)c2)cc1-c1cc(C2(O)COC2)cc(C2(F)COC2)c1. The molecule has 188 valence electrons. The summed E-state index contributed by atoms with van der Waals surface area (Å²) in [6.07, 6.45) is 2.60. The van der Waals surface area contributed by atoms with E-state index in [9.17, 15) is 18.7 Å². The van der Waals surface area contributed by atoms with Gasteiger partial charge in [0.05, 0.1) is 38.3 Å². The lowest BCUT2D eigenvalue weighted by molar-refractivity contribution is -0.184. The van der Waals surface area contributed by atoms with Gasteiger partial charge < -0.3 is 19.9 Å². The van der Waals surface area contributed by atoms with Gasteiger partial charge in [0.25, 0.3) is 11.8 Å². The van der Waals surface area contributed by atoms with Crippen LogP contribution in [-0.4, -0.2) is 47.4 Å². The standard InChI is InChI=1S/C26H24F3N3O4/c1-15-21(9-20(10-31-15)32-23(33)16-3-4-30-22(7-16)24(2,27)28)17-5-18(25(29)11-35-12-25)8-19(6-17)26(34)13-36-14-26/h3-10,34H,11-14H2,1-2H3,(H,32,33). The van der Waals surface area contributed by atoms with Gasteiger partial charge in [-0.3, -0.25) is 14.8 Å². The Morgan fingerprint density at radius 1 is 1.06 bits per heavy atom. The van der Waals surface area contributed by atoms with Crippen molar-refractivity contribution in [1.29, 1.82) is 0 Å². The molecule has 0 spiro atoms. The van der Waals surface area contributed by atoms with E-state index in [1.165, 1.54) is 12.3 Å². The maximum absolute atomic E-state index is 15.3. The molecule has 2 aliphatic rings. The molecule has 1 amide bonds. The number of nitrogens with zero attached hydrogens (tertiary/aromatic N) is 2. The zero-order chi connectivity index (χ0) is 25.7. The number of hydrogen-bond donors (Lipinski definition) is 2. The van der Waals surface area contributed by atoms with Gasteiger partial charge in [0.2, 0.25) is 0 Å². The van der Waals surface area contributed by atoms with Gasteiger partial charge in [0.15, 0.2) is 5.67 Å². The van der Waals surface area contributed by atoms with Crippen molar-refractivity contribution in [2.75, 3.05) is 31.7 Å². The van der Waals surface area contributed by atoms with Gasteiger partial charge >= 0.3 is 0 Å². The lowest BCUT2D eigenvalue weighted by Gasteiger charge is -2.39. The third-order valence-corrected chi connectivity index (χ3v) is 6.46. The first kappa shape index (κ1) is 24.4. The Morgan fingerprint density at radius 2 is 1.75 bits per heavy atom. The second-order valence-corrected chi connectivity index (χ2v) is 9.41. The number of aromatic nitrogens is 2. The van der Waals surface area contributed by atoms with E-state index < -0.39 is 28.8 Å². The molecule has 7 nitrogen and oxygen atoms in total. The van der Waals surface area contributed by atoms with E-state index in [4.69, 9.17) is 9.47 Å². The maximum Gasteiger partial charge on any atom is 0.286 e. The molecule has 3 aromatic rings. The molecule has 0 atom stereocenters. The van der Waals surface area contributed by atoms with Gasteiger partial charge in [-0.1, -0.05) is 0 Å². The van der Waals surface area contributed by atoms with E-state index in [0.29, 0.717) is 40.6 Å². The maximum atomic E-state index is 15.3. The molecule has 10 heteroatoms. The Morgan fingerprint density at radius 3 is 2.36 bits per heavy atom. The summed E-state index contributed by atoms with van der Waals surface area (Å²) < 4.78 is 52.9. The van der Waals surface area contributed by atoms with Crippen LogP contribution in [0.1, 0.15) is 39.8 Å². The summed E-state index contributed by atoms with van der Waals surface area (Å²) in [6.45, 7) is 2.52. The van der Waals surface area contributed by atoms with Crippen LogP contribution in [0.15, 0.2) is 48.8 Å². The van der Waals surface area contributed by atoms with Crippen molar-refractivity contribution >= 4 is 11.6 Å². The molecule has 2 aromatic heterocycles. The van der Waals surface area contributed by atoms with Crippen LogP contribution in [0.25, 0.3) is 11.1 Å². The Bertz CT molecular complexity index is 1300. The van der Waals surface area contributed by atoms with Crippen molar-refractivity contribution in [3.05, 3.63) is 76.9 Å². The van der Waals surface area contributed by atoms with Crippen LogP contribution in [0.2, 0.25) is 0 Å². The van der Waals surface area contributed by atoms with Crippen molar-refractivity contribution in [2.24, 2.45) is 0 Å². The third-order valence-electron chi connectivity index (χ3n) is 6.46. The molecule has 0 unspecified atom stereocenters. The minimum absolute atomic E-state index is 0.0180. The predicted molar refractivity (Wildman–Crippen MR) is 124 cm³/mol. The number of ether oxygens (including phenoxy) is 2. The largest absolute Gasteiger partial charge is 0.380 e. The van der Waals surface area contributed by atoms with Crippen LogP contribution in [0.5, 0.6) is 0 Å². The molecule has 0 saturated carbocycles. The summed E-state index contributed by atoms with van der Waals surface area (Å²) in [5.74, 6) is -3.80. The lowest BCUT2D eigenvalue weighted by atomic mass is 9.83. The zero-order valence-corrected chi connectivity index (χ0v) is 19.6. The molecule has 36 heavy (non-hydrogen) atoms. The van der Waals surface area contributed by atoms with Crippen LogP contribution in [0.3, 0.4) is 0 Å². The highest BCUT2D eigenvalue weighted by Gasteiger charge is 2.44. The highest BCUT2D eigenvalue weighted by atomic mass is 19.3. The van der Waals surface area contributed by atoms with Crippen molar-refractivity contribution in [3.8, 4) is 11.1 Å². The number of anilines is 1. The van der Waals surface area contributed by atoms with Gasteiger partial charge in [-0.25, -0.2) is 4.39 Å². The molecular formula is C26H24F3N3O4. The van der Waals surface area contributed by atoms with E-state index in [2.05, 4.69) is 15.3 Å². The van der Waals surface area contributed by atoms with Crippen molar-refractivity contribution in [3.63, 3.8) is 0 Å². The first-order valence-electron chi connectivity index (χ1n) is 11.3. The molecule has 2 aliphatic heterocycles. The number of benzene rings is 1. The van der Waals surface area contributed by atoms with Crippen LogP contribution >= 0.6 is 0 Å². The number of amides is 1. The number of aliphatic hydroxyl groups is 1. The van der Waals surface area contributed by atoms with Crippen LogP contribution in [0.4, 0.5) is 18.9 Å². The summed E-state index contributed by atoms with van der Waals surface area (Å²) in [6, 6.07) is 9.12. The summed E-state index contributed by atoms with van der Waals surface area (Å²) >= 11 is 0. The molecule has 2 fully saturated rings. The number of carbonyl (C=O) groups excluding carboxylic acids is 1. The van der Waals surface area contributed by atoms with Gasteiger partial charge in [0.1, 0.15) is 11.3 Å². The Hall–Kier alpha value is -3.34. The normalized spacial score (nSPS) is 18.2. The molecule has 0 bridgehead atoms. The van der Waals surface area contributed by atoms with E-state index in [1.54, 1.807) is 31.2 Å².